The Morgan fingerprint density at radius 2 is 1.70 bits per heavy atom. The van der Waals surface area contributed by atoms with Gasteiger partial charge in [-0.1, -0.05) is 6.92 Å². The summed E-state index contributed by atoms with van der Waals surface area (Å²) in [7, 11) is 4.40. The first-order chi connectivity index (χ1) is 10.9. The molecule has 0 bridgehead atoms. The molecule has 6 heteroatoms. The van der Waals surface area contributed by atoms with Crippen LogP contribution in [0.4, 0.5) is 0 Å². The van der Waals surface area contributed by atoms with E-state index in [1.165, 1.54) is 13.2 Å². The number of methoxy groups -OCH3 is 3. The minimum atomic E-state index is -1.05. The van der Waals surface area contributed by atoms with Crippen molar-refractivity contribution in [3.8, 4) is 11.5 Å². The van der Waals surface area contributed by atoms with E-state index in [0.717, 1.165) is 5.56 Å². The topological polar surface area (TPSA) is 73.9 Å². The van der Waals surface area contributed by atoms with Crippen molar-refractivity contribution in [1.29, 1.82) is 0 Å². The number of amides is 1. The number of carbonyl (C=O) groups excluding carboxylic acids is 2. The molecular formula is C17H23NO5. The third kappa shape index (κ3) is 5.02. The van der Waals surface area contributed by atoms with Gasteiger partial charge in [-0.15, -0.1) is 0 Å². The van der Waals surface area contributed by atoms with Crippen LogP contribution in [-0.4, -0.2) is 38.7 Å². The van der Waals surface area contributed by atoms with E-state index in [2.05, 4.69) is 5.32 Å². The number of hydrogen-bond acceptors (Lipinski definition) is 5. The Morgan fingerprint density at radius 1 is 1.13 bits per heavy atom. The van der Waals surface area contributed by atoms with Crippen LogP contribution in [0.15, 0.2) is 24.3 Å². The van der Waals surface area contributed by atoms with E-state index < -0.39 is 11.5 Å². The van der Waals surface area contributed by atoms with Crippen LogP contribution in [0.5, 0.6) is 11.5 Å². The van der Waals surface area contributed by atoms with E-state index in [1.54, 1.807) is 52.3 Å². The SMILES string of the molecule is CC[C@](C)(NC(=O)/C=C/c1cc(OC)cc(OC)c1)C(=O)OC. The lowest BCUT2D eigenvalue weighted by Crippen LogP contribution is -2.51. The van der Waals surface area contributed by atoms with Crippen LogP contribution in [0.1, 0.15) is 25.8 Å². The summed E-state index contributed by atoms with van der Waals surface area (Å²) in [4.78, 5) is 23.8. The fourth-order valence-electron chi connectivity index (χ4n) is 1.92. The Balaban J connectivity index is 2.88. The third-order valence-corrected chi connectivity index (χ3v) is 3.54. The van der Waals surface area contributed by atoms with Gasteiger partial charge in [0.15, 0.2) is 0 Å². The number of nitrogens with one attached hydrogen (secondary N) is 1. The minimum absolute atomic E-state index is 0.387. The summed E-state index contributed by atoms with van der Waals surface area (Å²) >= 11 is 0. The van der Waals surface area contributed by atoms with Gasteiger partial charge in [-0.2, -0.15) is 0 Å². The lowest BCUT2D eigenvalue weighted by molar-refractivity contribution is -0.149. The fourth-order valence-corrected chi connectivity index (χ4v) is 1.92. The Hall–Kier alpha value is -2.50. The summed E-state index contributed by atoms with van der Waals surface area (Å²) in [5, 5.41) is 2.66. The zero-order valence-electron chi connectivity index (χ0n) is 14.1. The molecule has 0 aliphatic rings. The summed E-state index contributed by atoms with van der Waals surface area (Å²) in [6.07, 6.45) is 3.39. The maximum atomic E-state index is 12.1. The number of ether oxygens (including phenoxy) is 3. The molecule has 1 rings (SSSR count). The second-order valence-electron chi connectivity index (χ2n) is 5.15. The highest BCUT2D eigenvalue weighted by atomic mass is 16.5. The molecule has 0 saturated carbocycles. The van der Waals surface area contributed by atoms with Crippen molar-refractivity contribution in [2.45, 2.75) is 25.8 Å². The molecule has 1 aromatic carbocycles. The van der Waals surface area contributed by atoms with E-state index in [4.69, 9.17) is 14.2 Å². The predicted molar refractivity (Wildman–Crippen MR) is 87.4 cm³/mol. The van der Waals surface area contributed by atoms with Gasteiger partial charge < -0.3 is 19.5 Å². The highest BCUT2D eigenvalue weighted by Crippen LogP contribution is 2.23. The van der Waals surface area contributed by atoms with Crippen molar-refractivity contribution in [3.05, 3.63) is 29.8 Å². The Labute approximate surface area is 136 Å². The molecule has 0 aliphatic carbocycles. The second-order valence-corrected chi connectivity index (χ2v) is 5.15. The van der Waals surface area contributed by atoms with Crippen LogP contribution in [0.25, 0.3) is 6.08 Å². The van der Waals surface area contributed by atoms with Gasteiger partial charge in [-0.05, 0) is 37.1 Å². The van der Waals surface area contributed by atoms with Crippen molar-refractivity contribution in [2.24, 2.45) is 0 Å². The standard InChI is InChI=1S/C17H23NO5/c1-6-17(2,16(20)23-5)18-15(19)8-7-12-9-13(21-3)11-14(10-12)22-4/h7-11H,6H2,1-5H3,(H,18,19)/b8-7+/t17-/m0/s1. The average molecular weight is 321 g/mol. The highest BCUT2D eigenvalue weighted by Gasteiger charge is 2.33. The summed E-state index contributed by atoms with van der Waals surface area (Å²) in [6, 6.07) is 5.28. The van der Waals surface area contributed by atoms with E-state index in [1.807, 2.05) is 0 Å². The first-order valence-corrected chi connectivity index (χ1v) is 7.20. The minimum Gasteiger partial charge on any atom is -0.497 e. The molecule has 1 atom stereocenters. The molecule has 1 N–H and O–H groups in total. The lowest BCUT2D eigenvalue weighted by Gasteiger charge is -2.25. The Bertz CT molecular complexity index is 574. The van der Waals surface area contributed by atoms with E-state index in [-0.39, 0.29) is 5.91 Å². The molecular weight excluding hydrogens is 298 g/mol. The van der Waals surface area contributed by atoms with Crippen molar-refractivity contribution in [1.82, 2.24) is 5.32 Å². The second kappa shape index (κ2) is 8.22. The zero-order chi connectivity index (χ0) is 17.5. The van der Waals surface area contributed by atoms with Crippen LogP contribution in [-0.2, 0) is 14.3 Å². The van der Waals surface area contributed by atoms with E-state index in [0.29, 0.717) is 17.9 Å². The number of esters is 1. The molecule has 126 valence electrons. The lowest BCUT2D eigenvalue weighted by atomic mass is 9.99. The van der Waals surface area contributed by atoms with Gasteiger partial charge in [-0.25, -0.2) is 4.79 Å². The molecule has 0 heterocycles. The number of rotatable bonds is 7. The summed E-state index contributed by atoms with van der Waals surface area (Å²) in [5.74, 6) is 0.376. The molecule has 1 aromatic rings. The average Bonchev–Trinajstić information content (AvgIpc) is 2.58. The smallest absolute Gasteiger partial charge is 0.331 e. The van der Waals surface area contributed by atoms with Crippen molar-refractivity contribution >= 4 is 18.0 Å². The fraction of sp³-hybridized carbons (Fsp3) is 0.412. The van der Waals surface area contributed by atoms with E-state index in [9.17, 15) is 9.59 Å². The maximum absolute atomic E-state index is 12.1. The molecule has 0 spiro atoms. The molecule has 0 radical (unpaired) electrons. The molecule has 1 amide bonds. The van der Waals surface area contributed by atoms with Gasteiger partial charge in [0.2, 0.25) is 5.91 Å². The van der Waals surface area contributed by atoms with Gasteiger partial charge in [-0.3, -0.25) is 4.79 Å². The maximum Gasteiger partial charge on any atom is 0.331 e. The zero-order valence-corrected chi connectivity index (χ0v) is 14.1. The van der Waals surface area contributed by atoms with Gasteiger partial charge >= 0.3 is 5.97 Å². The molecule has 0 aromatic heterocycles. The van der Waals surface area contributed by atoms with Crippen molar-refractivity contribution in [3.63, 3.8) is 0 Å². The molecule has 0 saturated heterocycles. The van der Waals surface area contributed by atoms with Crippen LogP contribution in [0, 0.1) is 0 Å². The van der Waals surface area contributed by atoms with Crippen LogP contribution in [0.3, 0.4) is 0 Å². The molecule has 0 fully saturated rings. The Morgan fingerprint density at radius 3 is 2.13 bits per heavy atom. The van der Waals surface area contributed by atoms with Gasteiger partial charge in [0.05, 0.1) is 21.3 Å². The molecule has 0 aliphatic heterocycles. The van der Waals surface area contributed by atoms with Gasteiger partial charge in [0, 0.05) is 12.1 Å². The summed E-state index contributed by atoms with van der Waals surface area (Å²) in [6.45, 7) is 3.42. The molecule has 23 heavy (non-hydrogen) atoms. The predicted octanol–water partition coefficient (Wildman–Crippen LogP) is 2.17. The molecule has 6 nitrogen and oxygen atoms in total. The third-order valence-electron chi connectivity index (χ3n) is 3.54. The number of hydrogen-bond donors (Lipinski definition) is 1. The van der Waals surface area contributed by atoms with Crippen LogP contribution < -0.4 is 14.8 Å². The molecule has 0 unspecified atom stereocenters. The summed E-state index contributed by atoms with van der Waals surface area (Å²) < 4.78 is 15.1. The van der Waals surface area contributed by atoms with Crippen LogP contribution >= 0.6 is 0 Å². The van der Waals surface area contributed by atoms with Gasteiger partial charge in [0.1, 0.15) is 17.0 Å². The van der Waals surface area contributed by atoms with Crippen molar-refractivity contribution in [2.75, 3.05) is 21.3 Å². The first-order valence-electron chi connectivity index (χ1n) is 7.20. The quantitative estimate of drug-likeness (QED) is 0.615. The number of carbonyl (C=O) groups is 2. The van der Waals surface area contributed by atoms with E-state index >= 15 is 0 Å². The normalized spacial score (nSPS) is 13.3. The van der Waals surface area contributed by atoms with Crippen LogP contribution in [0.2, 0.25) is 0 Å². The summed E-state index contributed by atoms with van der Waals surface area (Å²) in [5.41, 5.74) is -0.310. The largest absolute Gasteiger partial charge is 0.497 e. The monoisotopic (exact) mass is 321 g/mol. The first kappa shape index (κ1) is 18.5. The number of benzene rings is 1. The highest BCUT2D eigenvalue weighted by molar-refractivity contribution is 5.96. The Kier molecular flexibility index (Phi) is 6.63. The van der Waals surface area contributed by atoms with Gasteiger partial charge in [0.25, 0.3) is 0 Å². The van der Waals surface area contributed by atoms with Crippen molar-refractivity contribution < 1.29 is 23.8 Å².